The van der Waals surface area contributed by atoms with E-state index in [2.05, 4.69) is 16.6 Å². The number of nitrogens with one attached hydrogen (secondary N) is 1. The van der Waals surface area contributed by atoms with Gasteiger partial charge in [-0.25, -0.2) is 5.43 Å². The van der Waals surface area contributed by atoms with Gasteiger partial charge in [0.05, 0.1) is 18.4 Å². The van der Waals surface area contributed by atoms with E-state index in [4.69, 9.17) is 16.3 Å². The lowest BCUT2D eigenvalue weighted by Crippen LogP contribution is -2.20. The van der Waals surface area contributed by atoms with Crippen molar-refractivity contribution in [3.05, 3.63) is 70.8 Å². The molecule has 1 N–H and O–H groups in total. The molecule has 2 aromatic rings. The molecule has 0 aliphatic heterocycles. The Morgan fingerprint density at radius 1 is 1.20 bits per heavy atom. The number of nitrogens with zero attached hydrogens (tertiary/aromatic N) is 1. The van der Waals surface area contributed by atoms with E-state index in [1.165, 1.54) is 5.56 Å². The zero-order valence-electron chi connectivity index (χ0n) is 14.0. The summed E-state index contributed by atoms with van der Waals surface area (Å²) in [4.78, 5) is 12.5. The van der Waals surface area contributed by atoms with Gasteiger partial charge in [-0.05, 0) is 48.1 Å². The summed E-state index contributed by atoms with van der Waals surface area (Å²) in [5, 5.41) is 4.56. The van der Waals surface area contributed by atoms with Crippen LogP contribution in [0.25, 0.3) is 5.03 Å². The lowest BCUT2D eigenvalue weighted by atomic mass is 10.0. The average molecular weight is 355 g/mol. The highest BCUT2D eigenvalue weighted by molar-refractivity contribution is 6.51. The molecule has 0 spiro atoms. The molecule has 0 atom stereocenters. The fourth-order valence-electron chi connectivity index (χ4n) is 2.85. The van der Waals surface area contributed by atoms with Crippen LogP contribution in [0.1, 0.15) is 29.5 Å². The quantitative estimate of drug-likeness (QED) is 0.663. The number of carbonyl (C=O) groups is 1. The van der Waals surface area contributed by atoms with Crippen molar-refractivity contribution in [1.29, 1.82) is 0 Å². The number of benzene rings is 2. The SMILES string of the molecule is COc1cccc(/C=N\NC(=O)C2=C(Cl)c3ccccc3CCC2)c1. The first-order valence-corrected chi connectivity index (χ1v) is 8.51. The third kappa shape index (κ3) is 4.09. The minimum atomic E-state index is -0.263. The molecule has 2 aromatic carbocycles. The van der Waals surface area contributed by atoms with E-state index in [0.29, 0.717) is 17.0 Å². The van der Waals surface area contributed by atoms with E-state index in [1.807, 2.05) is 42.5 Å². The first-order chi connectivity index (χ1) is 12.2. The molecular weight excluding hydrogens is 336 g/mol. The van der Waals surface area contributed by atoms with Crippen LogP contribution in [-0.4, -0.2) is 19.2 Å². The lowest BCUT2D eigenvalue weighted by molar-refractivity contribution is -0.117. The summed E-state index contributed by atoms with van der Waals surface area (Å²) in [5.74, 6) is 0.474. The highest BCUT2D eigenvalue weighted by Gasteiger charge is 2.20. The summed E-state index contributed by atoms with van der Waals surface area (Å²) < 4.78 is 5.16. The van der Waals surface area contributed by atoms with Crippen molar-refractivity contribution in [2.24, 2.45) is 5.10 Å². The van der Waals surface area contributed by atoms with Gasteiger partial charge in [0.1, 0.15) is 5.75 Å². The molecular formula is C20H19ClN2O2. The third-order valence-electron chi connectivity index (χ3n) is 4.14. The number of halogens is 1. The number of rotatable bonds is 4. The Labute approximate surface area is 152 Å². The van der Waals surface area contributed by atoms with E-state index < -0.39 is 0 Å². The van der Waals surface area contributed by atoms with Crippen molar-refractivity contribution in [3.63, 3.8) is 0 Å². The molecule has 0 unspecified atom stereocenters. The van der Waals surface area contributed by atoms with Crippen molar-refractivity contribution in [2.75, 3.05) is 7.11 Å². The van der Waals surface area contributed by atoms with Gasteiger partial charge < -0.3 is 4.74 Å². The summed E-state index contributed by atoms with van der Waals surface area (Å²) in [5.41, 5.74) is 6.10. The maximum absolute atomic E-state index is 12.5. The molecule has 0 aromatic heterocycles. The second-order valence-corrected chi connectivity index (χ2v) is 6.16. The Balaban J connectivity index is 1.75. The summed E-state index contributed by atoms with van der Waals surface area (Å²) in [6, 6.07) is 15.4. The second kappa shape index (κ2) is 7.99. The molecule has 0 saturated carbocycles. The minimum Gasteiger partial charge on any atom is -0.497 e. The molecule has 4 nitrogen and oxygen atoms in total. The second-order valence-electron chi connectivity index (χ2n) is 5.78. The fraction of sp³-hybridized carbons (Fsp3) is 0.200. The maximum atomic E-state index is 12.5. The van der Waals surface area contributed by atoms with E-state index in [0.717, 1.165) is 29.7 Å². The normalized spacial score (nSPS) is 14.2. The topological polar surface area (TPSA) is 50.7 Å². The van der Waals surface area contributed by atoms with E-state index in [9.17, 15) is 4.79 Å². The average Bonchev–Trinajstić information content (AvgIpc) is 2.81. The molecule has 0 radical (unpaired) electrons. The van der Waals surface area contributed by atoms with Gasteiger partial charge in [0.15, 0.2) is 0 Å². The number of aryl methyl sites for hydroxylation is 1. The van der Waals surface area contributed by atoms with E-state index in [1.54, 1.807) is 13.3 Å². The molecule has 25 heavy (non-hydrogen) atoms. The smallest absolute Gasteiger partial charge is 0.268 e. The Morgan fingerprint density at radius 2 is 2.04 bits per heavy atom. The number of hydrogen-bond acceptors (Lipinski definition) is 3. The van der Waals surface area contributed by atoms with Crippen molar-refractivity contribution in [2.45, 2.75) is 19.3 Å². The first-order valence-electron chi connectivity index (χ1n) is 8.13. The number of amides is 1. The van der Waals surface area contributed by atoms with Gasteiger partial charge in [-0.15, -0.1) is 0 Å². The summed E-state index contributed by atoms with van der Waals surface area (Å²) >= 11 is 6.50. The van der Waals surface area contributed by atoms with Crippen molar-refractivity contribution < 1.29 is 9.53 Å². The number of hydrogen-bond donors (Lipinski definition) is 1. The maximum Gasteiger partial charge on any atom is 0.268 e. The fourth-order valence-corrected chi connectivity index (χ4v) is 3.21. The van der Waals surface area contributed by atoms with Crippen LogP contribution in [0.5, 0.6) is 5.75 Å². The first kappa shape index (κ1) is 17.2. The number of methoxy groups -OCH3 is 1. The van der Waals surface area contributed by atoms with Crippen LogP contribution in [0.3, 0.4) is 0 Å². The molecule has 0 saturated heterocycles. The number of carbonyl (C=O) groups excluding carboxylic acids is 1. The molecule has 128 valence electrons. The monoisotopic (exact) mass is 354 g/mol. The van der Waals surface area contributed by atoms with Gasteiger partial charge in [0.25, 0.3) is 5.91 Å². The predicted octanol–water partition coefficient (Wildman–Crippen LogP) is 4.13. The minimum absolute atomic E-state index is 0.263. The third-order valence-corrected chi connectivity index (χ3v) is 4.57. The Bertz CT molecular complexity index is 843. The number of ether oxygens (including phenoxy) is 1. The molecule has 0 fully saturated rings. The van der Waals surface area contributed by atoms with E-state index >= 15 is 0 Å². The molecule has 3 rings (SSSR count). The summed E-state index contributed by atoms with van der Waals surface area (Å²) in [6.07, 6.45) is 4.01. The van der Waals surface area contributed by atoms with Crippen LogP contribution < -0.4 is 10.2 Å². The van der Waals surface area contributed by atoms with Crippen LogP contribution >= 0.6 is 11.6 Å². The lowest BCUT2D eigenvalue weighted by Gasteiger charge is -2.07. The van der Waals surface area contributed by atoms with Gasteiger partial charge in [0, 0.05) is 5.57 Å². The summed E-state index contributed by atoms with van der Waals surface area (Å²) in [7, 11) is 1.61. The largest absolute Gasteiger partial charge is 0.497 e. The van der Waals surface area contributed by atoms with Gasteiger partial charge in [-0.3, -0.25) is 4.79 Å². The van der Waals surface area contributed by atoms with Gasteiger partial charge in [0.2, 0.25) is 0 Å². The Kier molecular flexibility index (Phi) is 5.51. The van der Waals surface area contributed by atoms with Crippen LogP contribution in [0.4, 0.5) is 0 Å². The molecule has 5 heteroatoms. The molecule has 0 heterocycles. The molecule has 1 aliphatic rings. The van der Waals surface area contributed by atoms with Crippen LogP contribution in [0, 0.1) is 0 Å². The molecule has 0 bridgehead atoms. The highest BCUT2D eigenvalue weighted by Crippen LogP contribution is 2.32. The van der Waals surface area contributed by atoms with Crippen molar-refractivity contribution in [3.8, 4) is 5.75 Å². The van der Waals surface area contributed by atoms with Gasteiger partial charge in [-0.1, -0.05) is 48.0 Å². The van der Waals surface area contributed by atoms with Gasteiger partial charge in [-0.2, -0.15) is 5.10 Å². The molecule has 1 amide bonds. The number of hydrazone groups is 1. The van der Waals surface area contributed by atoms with Gasteiger partial charge >= 0.3 is 0 Å². The zero-order chi connectivity index (χ0) is 17.6. The Morgan fingerprint density at radius 3 is 2.88 bits per heavy atom. The van der Waals surface area contributed by atoms with Crippen LogP contribution in [0.2, 0.25) is 0 Å². The van der Waals surface area contributed by atoms with Crippen LogP contribution in [0.15, 0.2) is 59.2 Å². The van der Waals surface area contributed by atoms with E-state index in [-0.39, 0.29) is 5.91 Å². The van der Waals surface area contributed by atoms with Crippen molar-refractivity contribution >= 4 is 28.8 Å². The van der Waals surface area contributed by atoms with Crippen molar-refractivity contribution in [1.82, 2.24) is 5.43 Å². The Hall–Kier alpha value is -2.59. The predicted molar refractivity (Wildman–Crippen MR) is 101 cm³/mol. The summed E-state index contributed by atoms with van der Waals surface area (Å²) in [6.45, 7) is 0. The zero-order valence-corrected chi connectivity index (χ0v) is 14.7. The van der Waals surface area contributed by atoms with Crippen LogP contribution in [-0.2, 0) is 11.2 Å². The standard InChI is InChI=1S/C20H19ClN2O2/c1-25-16-9-4-6-14(12-16)13-22-23-20(24)18-11-5-8-15-7-2-3-10-17(15)19(18)21/h2-4,6-7,9-10,12-13H,5,8,11H2,1H3,(H,23,24)/b22-13-. The number of fused-ring (bicyclic) bond motifs is 1. The molecule has 1 aliphatic carbocycles. The highest BCUT2D eigenvalue weighted by atomic mass is 35.5.